The van der Waals surface area contributed by atoms with E-state index in [4.69, 9.17) is 9.84 Å². The van der Waals surface area contributed by atoms with Gasteiger partial charge in [-0.15, -0.1) is 0 Å². The number of nitrogens with zero attached hydrogens (tertiary/aromatic N) is 3. The van der Waals surface area contributed by atoms with E-state index in [0.717, 1.165) is 25.7 Å². The lowest BCUT2D eigenvalue weighted by Crippen LogP contribution is -2.20. The Morgan fingerprint density at radius 2 is 2.13 bits per heavy atom. The van der Waals surface area contributed by atoms with Gasteiger partial charge in [-0.3, -0.25) is 0 Å². The highest BCUT2D eigenvalue weighted by Crippen LogP contribution is 2.27. The Hall–Kier alpha value is -2.81. The fourth-order valence-corrected chi connectivity index (χ4v) is 2.79. The lowest BCUT2D eigenvalue weighted by molar-refractivity contribution is 0.0697. The van der Waals surface area contributed by atoms with Gasteiger partial charge < -0.3 is 9.84 Å². The minimum atomic E-state index is -1.03. The van der Waals surface area contributed by atoms with Gasteiger partial charge in [0.25, 0.3) is 0 Å². The fourth-order valence-electron chi connectivity index (χ4n) is 2.79. The topological polar surface area (TPSA) is 88.1 Å². The third kappa shape index (κ3) is 3.34. The maximum atomic E-state index is 10.9. The SMILES string of the molecule is N#Cc1cc(-n2cc(C(=O)O)cn2)ccc1OC1CCCCC1. The highest BCUT2D eigenvalue weighted by atomic mass is 16.5. The Balaban J connectivity index is 1.83. The molecule has 118 valence electrons. The number of ether oxygens (including phenoxy) is 1. The quantitative estimate of drug-likeness (QED) is 0.937. The van der Waals surface area contributed by atoms with Crippen LogP contribution in [0.4, 0.5) is 0 Å². The van der Waals surface area contributed by atoms with Gasteiger partial charge in [0.05, 0.1) is 29.1 Å². The molecule has 6 heteroatoms. The third-order valence-electron chi connectivity index (χ3n) is 4.02. The van der Waals surface area contributed by atoms with Crippen molar-refractivity contribution in [3.63, 3.8) is 0 Å². The molecule has 3 rings (SSSR count). The van der Waals surface area contributed by atoms with Crippen LogP contribution < -0.4 is 4.74 Å². The van der Waals surface area contributed by atoms with Crippen LogP contribution >= 0.6 is 0 Å². The summed E-state index contributed by atoms with van der Waals surface area (Å²) >= 11 is 0. The number of hydrogen-bond acceptors (Lipinski definition) is 4. The van der Waals surface area contributed by atoms with E-state index in [-0.39, 0.29) is 11.7 Å². The second kappa shape index (κ2) is 6.53. The van der Waals surface area contributed by atoms with E-state index in [9.17, 15) is 10.1 Å². The number of carbonyl (C=O) groups is 1. The molecular weight excluding hydrogens is 294 g/mol. The number of benzene rings is 1. The molecule has 0 spiro atoms. The van der Waals surface area contributed by atoms with Crippen LogP contribution in [0, 0.1) is 11.3 Å². The number of aromatic nitrogens is 2. The first-order valence-electron chi connectivity index (χ1n) is 7.66. The summed E-state index contributed by atoms with van der Waals surface area (Å²) in [6.07, 6.45) is 8.48. The summed E-state index contributed by atoms with van der Waals surface area (Å²) in [7, 11) is 0. The van der Waals surface area contributed by atoms with Crippen molar-refractivity contribution < 1.29 is 14.6 Å². The van der Waals surface area contributed by atoms with Gasteiger partial charge in [-0.1, -0.05) is 6.42 Å². The number of aromatic carboxylic acids is 1. The zero-order valence-electron chi connectivity index (χ0n) is 12.6. The van der Waals surface area contributed by atoms with Crippen molar-refractivity contribution in [1.82, 2.24) is 9.78 Å². The van der Waals surface area contributed by atoms with Crippen molar-refractivity contribution in [3.8, 4) is 17.5 Å². The molecule has 0 radical (unpaired) electrons. The summed E-state index contributed by atoms with van der Waals surface area (Å²) in [6, 6.07) is 7.34. The van der Waals surface area contributed by atoms with Gasteiger partial charge >= 0.3 is 5.97 Å². The minimum Gasteiger partial charge on any atom is -0.489 e. The summed E-state index contributed by atoms with van der Waals surface area (Å²) in [5.74, 6) is -0.456. The molecule has 1 fully saturated rings. The standard InChI is InChI=1S/C17H17N3O3/c18-9-12-8-14(20-11-13(10-19-20)17(21)22)6-7-16(12)23-15-4-2-1-3-5-15/h6-8,10-11,15H,1-5H2,(H,21,22). The van der Waals surface area contributed by atoms with Gasteiger partial charge in [0, 0.05) is 6.20 Å². The molecule has 1 aliphatic carbocycles. The van der Waals surface area contributed by atoms with Gasteiger partial charge in [-0.2, -0.15) is 10.4 Å². The monoisotopic (exact) mass is 311 g/mol. The largest absolute Gasteiger partial charge is 0.489 e. The van der Waals surface area contributed by atoms with Crippen molar-refractivity contribution in [3.05, 3.63) is 41.7 Å². The van der Waals surface area contributed by atoms with Crippen LogP contribution in [0.2, 0.25) is 0 Å². The van der Waals surface area contributed by atoms with Crippen molar-refractivity contribution in [1.29, 1.82) is 5.26 Å². The maximum absolute atomic E-state index is 10.9. The smallest absolute Gasteiger partial charge is 0.338 e. The molecule has 0 saturated heterocycles. The van der Waals surface area contributed by atoms with E-state index in [1.54, 1.807) is 18.2 Å². The highest BCUT2D eigenvalue weighted by molar-refractivity contribution is 5.87. The summed E-state index contributed by atoms with van der Waals surface area (Å²) < 4.78 is 7.40. The number of carboxylic acids is 1. The van der Waals surface area contributed by atoms with Crippen molar-refractivity contribution in [2.75, 3.05) is 0 Å². The zero-order chi connectivity index (χ0) is 16.2. The highest BCUT2D eigenvalue weighted by Gasteiger charge is 2.17. The lowest BCUT2D eigenvalue weighted by Gasteiger charge is -2.23. The average Bonchev–Trinajstić information content (AvgIpc) is 3.06. The molecule has 0 atom stereocenters. The predicted molar refractivity (Wildman–Crippen MR) is 82.7 cm³/mol. The number of nitriles is 1. The van der Waals surface area contributed by atoms with E-state index in [0.29, 0.717) is 17.0 Å². The molecule has 2 aromatic rings. The van der Waals surface area contributed by atoms with Crippen LogP contribution in [0.15, 0.2) is 30.6 Å². The van der Waals surface area contributed by atoms with E-state index < -0.39 is 5.97 Å². The number of rotatable bonds is 4. The Kier molecular flexibility index (Phi) is 4.29. The third-order valence-corrected chi connectivity index (χ3v) is 4.02. The summed E-state index contributed by atoms with van der Waals surface area (Å²) in [5, 5.41) is 22.3. The average molecular weight is 311 g/mol. The fraction of sp³-hybridized carbons (Fsp3) is 0.353. The first-order valence-corrected chi connectivity index (χ1v) is 7.66. The molecule has 0 aliphatic heterocycles. The van der Waals surface area contributed by atoms with Gasteiger partial charge in [0.2, 0.25) is 0 Å². The minimum absolute atomic E-state index is 0.103. The van der Waals surface area contributed by atoms with Crippen LogP contribution in [-0.2, 0) is 0 Å². The molecule has 1 aromatic carbocycles. The Bertz CT molecular complexity index is 755. The van der Waals surface area contributed by atoms with E-state index in [2.05, 4.69) is 11.2 Å². The molecule has 1 aliphatic rings. The van der Waals surface area contributed by atoms with Crippen LogP contribution in [0.25, 0.3) is 5.69 Å². The lowest BCUT2D eigenvalue weighted by atomic mass is 9.97. The molecule has 1 aromatic heterocycles. The van der Waals surface area contributed by atoms with Crippen molar-refractivity contribution >= 4 is 5.97 Å². The molecule has 0 bridgehead atoms. The zero-order valence-corrected chi connectivity index (χ0v) is 12.6. The predicted octanol–water partition coefficient (Wildman–Crippen LogP) is 3.15. The second-order valence-corrected chi connectivity index (χ2v) is 5.65. The van der Waals surface area contributed by atoms with Crippen LogP contribution in [0.1, 0.15) is 48.0 Å². The number of carboxylic acid groups (broad SMARTS) is 1. The molecule has 1 heterocycles. The van der Waals surface area contributed by atoms with Gasteiger partial charge in [-0.25, -0.2) is 9.48 Å². The van der Waals surface area contributed by atoms with E-state index in [1.165, 1.54) is 23.5 Å². The van der Waals surface area contributed by atoms with Crippen molar-refractivity contribution in [2.45, 2.75) is 38.2 Å². The molecule has 1 N–H and O–H groups in total. The van der Waals surface area contributed by atoms with Gasteiger partial charge in [0.15, 0.2) is 0 Å². The van der Waals surface area contributed by atoms with Gasteiger partial charge in [0.1, 0.15) is 11.8 Å². The van der Waals surface area contributed by atoms with E-state index >= 15 is 0 Å². The van der Waals surface area contributed by atoms with Crippen molar-refractivity contribution in [2.24, 2.45) is 0 Å². The van der Waals surface area contributed by atoms with Crippen LogP contribution in [0.3, 0.4) is 0 Å². The molecule has 6 nitrogen and oxygen atoms in total. The first-order chi connectivity index (χ1) is 11.2. The Morgan fingerprint density at radius 1 is 1.35 bits per heavy atom. The molecule has 0 amide bonds. The Labute approximate surface area is 133 Å². The van der Waals surface area contributed by atoms with Gasteiger partial charge in [-0.05, 0) is 43.9 Å². The molecule has 0 unspecified atom stereocenters. The van der Waals surface area contributed by atoms with Crippen LogP contribution in [0.5, 0.6) is 5.75 Å². The normalized spacial score (nSPS) is 15.1. The summed E-state index contributed by atoms with van der Waals surface area (Å²) in [6.45, 7) is 0. The summed E-state index contributed by atoms with van der Waals surface area (Å²) in [4.78, 5) is 10.9. The molecule has 23 heavy (non-hydrogen) atoms. The second-order valence-electron chi connectivity index (χ2n) is 5.65. The van der Waals surface area contributed by atoms with E-state index in [1.807, 2.05) is 0 Å². The maximum Gasteiger partial charge on any atom is 0.338 e. The summed E-state index contributed by atoms with van der Waals surface area (Å²) in [5.41, 5.74) is 1.16. The first kappa shape index (κ1) is 15.1. The molecule has 1 saturated carbocycles. The molecular formula is C17H17N3O3. The van der Waals surface area contributed by atoms with Crippen LogP contribution in [-0.4, -0.2) is 27.0 Å². The number of hydrogen-bond donors (Lipinski definition) is 1. The Morgan fingerprint density at radius 3 is 2.78 bits per heavy atom.